The molecule has 5 nitrogen and oxygen atoms in total. The number of hydrogen-bond acceptors (Lipinski definition) is 5. The normalized spacial score (nSPS) is 9.61. The molecule has 0 aliphatic carbocycles. The van der Waals surface area contributed by atoms with Gasteiger partial charge in [-0.3, -0.25) is 0 Å². The predicted octanol–water partition coefficient (Wildman–Crippen LogP) is 1.91. The van der Waals surface area contributed by atoms with Crippen molar-refractivity contribution in [2.75, 3.05) is 23.7 Å². The highest BCUT2D eigenvalue weighted by atomic mass is 16.5. The summed E-state index contributed by atoms with van der Waals surface area (Å²) in [5.74, 6) is 0.573. The Morgan fingerprint density at radius 1 is 1.28 bits per heavy atom. The van der Waals surface area contributed by atoms with Gasteiger partial charge in [0.25, 0.3) is 0 Å². The van der Waals surface area contributed by atoms with Gasteiger partial charge in [0.05, 0.1) is 23.9 Å². The maximum Gasteiger partial charge on any atom is 0.144 e. The molecule has 1 rings (SSSR count). The van der Waals surface area contributed by atoms with Gasteiger partial charge in [0.15, 0.2) is 0 Å². The fourth-order valence-corrected chi connectivity index (χ4v) is 1.48. The van der Waals surface area contributed by atoms with Gasteiger partial charge in [-0.1, -0.05) is 0 Å². The number of rotatable bonds is 5. The van der Waals surface area contributed by atoms with E-state index < -0.39 is 0 Å². The first kappa shape index (κ1) is 13.7. The van der Waals surface area contributed by atoms with E-state index in [9.17, 15) is 0 Å². The van der Waals surface area contributed by atoms with Crippen molar-refractivity contribution in [1.29, 1.82) is 10.5 Å². The summed E-state index contributed by atoms with van der Waals surface area (Å²) >= 11 is 0. The molecule has 0 atom stereocenters. The third kappa shape index (κ3) is 3.57. The van der Waals surface area contributed by atoms with Crippen LogP contribution in [-0.2, 0) is 0 Å². The van der Waals surface area contributed by atoms with E-state index in [0.717, 1.165) is 5.69 Å². The van der Waals surface area contributed by atoms with Crippen LogP contribution in [0.5, 0.6) is 5.75 Å². The fourth-order valence-electron chi connectivity index (χ4n) is 1.48. The highest BCUT2D eigenvalue weighted by molar-refractivity contribution is 5.63. The minimum Gasteiger partial charge on any atom is -0.489 e. The van der Waals surface area contributed by atoms with E-state index in [1.807, 2.05) is 26.0 Å². The molecule has 18 heavy (non-hydrogen) atoms. The van der Waals surface area contributed by atoms with Crippen LogP contribution in [0.4, 0.5) is 11.4 Å². The van der Waals surface area contributed by atoms with Crippen LogP contribution in [0, 0.1) is 22.7 Å². The molecule has 0 amide bonds. The molecule has 1 aromatic carbocycles. The molecule has 0 saturated carbocycles. The second-order valence-electron chi connectivity index (χ2n) is 4.06. The van der Waals surface area contributed by atoms with Gasteiger partial charge in [-0.2, -0.15) is 10.5 Å². The van der Waals surface area contributed by atoms with Crippen LogP contribution >= 0.6 is 0 Å². The van der Waals surface area contributed by atoms with Crippen LogP contribution in [0.2, 0.25) is 0 Å². The van der Waals surface area contributed by atoms with Gasteiger partial charge >= 0.3 is 0 Å². The van der Waals surface area contributed by atoms with Gasteiger partial charge in [0.2, 0.25) is 0 Å². The maximum atomic E-state index is 8.74. The summed E-state index contributed by atoms with van der Waals surface area (Å²) in [5, 5.41) is 17.5. The molecule has 0 radical (unpaired) electrons. The molecule has 0 fully saturated rings. The number of nitrogen functional groups attached to an aromatic ring is 1. The SMILES string of the molecule is CC(C)Oc1cc(N(CC#N)CC#N)ccc1N. The second kappa shape index (κ2) is 6.36. The zero-order chi connectivity index (χ0) is 13.5. The quantitative estimate of drug-likeness (QED) is 0.631. The van der Waals surface area contributed by atoms with Gasteiger partial charge < -0.3 is 15.4 Å². The summed E-state index contributed by atoms with van der Waals surface area (Å²) in [6.45, 7) is 4.13. The fraction of sp³-hybridized carbons (Fsp3) is 0.385. The minimum absolute atomic E-state index is 0.0166. The minimum atomic E-state index is 0.0166. The smallest absolute Gasteiger partial charge is 0.144 e. The highest BCUT2D eigenvalue weighted by Crippen LogP contribution is 2.28. The lowest BCUT2D eigenvalue weighted by Crippen LogP contribution is -2.23. The van der Waals surface area contributed by atoms with Crippen molar-refractivity contribution in [1.82, 2.24) is 0 Å². The molecule has 0 spiro atoms. The number of hydrogen-bond donors (Lipinski definition) is 1. The van der Waals surface area contributed by atoms with Gasteiger partial charge in [0, 0.05) is 11.8 Å². The molecular weight excluding hydrogens is 228 g/mol. The molecule has 0 aliphatic heterocycles. The van der Waals surface area contributed by atoms with Gasteiger partial charge in [-0.05, 0) is 26.0 Å². The summed E-state index contributed by atoms with van der Waals surface area (Å²) in [6, 6.07) is 9.30. The van der Waals surface area contributed by atoms with E-state index >= 15 is 0 Å². The first-order valence-electron chi connectivity index (χ1n) is 5.63. The van der Waals surface area contributed by atoms with Crippen LogP contribution in [0.25, 0.3) is 0 Å². The van der Waals surface area contributed by atoms with E-state index in [2.05, 4.69) is 0 Å². The van der Waals surface area contributed by atoms with Crippen molar-refractivity contribution in [2.45, 2.75) is 20.0 Å². The molecule has 0 saturated heterocycles. The molecule has 0 unspecified atom stereocenters. The summed E-state index contributed by atoms with van der Waals surface area (Å²) in [5.41, 5.74) is 7.11. The Morgan fingerprint density at radius 3 is 2.39 bits per heavy atom. The highest BCUT2D eigenvalue weighted by Gasteiger charge is 2.10. The zero-order valence-corrected chi connectivity index (χ0v) is 10.6. The number of nitrogens with two attached hydrogens (primary N) is 1. The van der Waals surface area contributed by atoms with Crippen LogP contribution in [0.15, 0.2) is 18.2 Å². The van der Waals surface area contributed by atoms with E-state index in [1.165, 1.54) is 0 Å². The Balaban J connectivity index is 3.02. The molecular formula is C13H16N4O. The first-order valence-corrected chi connectivity index (χ1v) is 5.63. The van der Waals surface area contributed by atoms with Gasteiger partial charge in [-0.15, -0.1) is 0 Å². The molecule has 0 aliphatic rings. The van der Waals surface area contributed by atoms with Crippen LogP contribution in [0.3, 0.4) is 0 Å². The summed E-state index contributed by atoms with van der Waals surface area (Å²) in [6.07, 6.45) is 0.0166. The lowest BCUT2D eigenvalue weighted by atomic mass is 10.2. The lowest BCUT2D eigenvalue weighted by molar-refractivity contribution is 0.244. The standard InChI is InChI=1S/C13H16N4O/c1-10(2)18-13-9-11(3-4-12(13)16)17(7-5-14)8-6-15/h3-4,9-10H,7-8,16H2,1-2H3. The van der Waals surface area contributed by atoms with E-state index in [-0.39, 0.29) is 19.2 Å². The Bertz CT molecular complexity index is 469. The molecule has 2 N–H and O–H groups in total. The predicted molar refractivity (Wildman–Crippen MR) is 70.1 cm³/mol. The maximum absolute atomic E-state index is 8.74. The second-order valence-corrected chi connectivity index (χ2v) is 4.06. The Kier molecular flexibility index (Phi) is 4.83. The number of benzene rings is 1. The number of anilines is 2. The van der Waals surface area contributed by atoms with Crippen molar-refractivity contribution >= 4 is 11.4 Å². The van der Waals surface area contributed by atoms with Crippen LogP contribution in [-0.4, -0.2) is 19.2 Å². The van der Waals surface area contributed by atoms with Crippen molar-refractivity contribution < 1.29 is 4.74 Å². The summed E-state index contributed by atoms with van der Waals surface area (Å²) < 4.78 is 5.57. The summed E-state index contributed by atoms with van der Waals surface area (Å²) in [4.78, 5) is 1.66. The monoisotopic (exact) mass is 244 g/mol. The Morgan fingerprint density at radius 2 is 1.89 bits per heavy atom. The van der Waals surface area contributed by atoms with Crippen molar-refractivity contribution in [3.05, 3.63) is 18.2 Å². The average Bonchev–Trinajstić information content (AvgIpc) is 2.31. The molecule has 94 valence electrons. The average molecular weight is 244 g/mol. The number of nitrogens with zero attached hydrogens (tertiary/aromatic N) is 3. The van der Waals surface area contributed by atoms with E-state index in [1.54, 1.807) is 23.1 Å². The van der Waals surface area contributed by atoms with Crippen molar-refractivity contribution in [2.24, 2.45) is 0 Å². The molecule has 1 aromatic rings. The van der Waals surface area contributed by atoms with E-state index in [0.29, 0.717) is 11.4 Å². The zero-order valence-electron chi connectivity index (χ0n) is 10.6. The van der Waals surface area contributed by atoms with Gasteiger partial charge in [0.1, 0.15) is 18.8 Å². The number of ether oxygens (including phenoxy) is 1. The third-order valence-corrected chi connectivity index (χ3v) is 2.25. The number of nitriles is 2. The summed E-state index contributed by atoms with van der Waals surface area (Å²) in [7, 11) is 0. The van der Waals surface area contributed by atoms with Gasteiger partial charge in [-0.25, -0.2) is 0 Å². The largest absolute Gasteiger partial charge is 0.489 e. The topological polar surface area (TPSA) is 86.1 Å². The molecule has 0 bridgehead atoms. The first-order chi connectivity index (χ1) is 8.58. The third-order valence-electron chi connectivity index (χ3n) is 2.25. The van der Waals surface area contributed by atoms with Crippen LogP contribution < -0.4 is 15.4 Å². The Labute approximate surface area is 107 Å². The molecule has 0 heterocycles. The van der Waals surface area contributed by atoms with Crippen molar-refractivity contribution in [3.8, 4) is 17.9 Å². The lowest BCUT2D eigenvalue weighted by Gasteiger charge is -2.20. The molecule has 0 aromatic heterocycles. The van der Waals surface area contributed by atoms with Crippen molar-refractivity contribution in [3.63, 3.8) is 0 Å². The van der Waals surface area contributed by atoms with E-state index in [4.69, 9.17) is 21.0 Å². The van der Waals surface area contributed by atoms with Crippen LogP contribution in [0.1, 0.15) is 13.8 Å². The Hall–Kier alpha value is -2.40. The molecule has 5 heteroatoms.